The standard InChI is InChI=1S/C13H13FN2O2S/c1-8-12(19-7-15-8)6-16(2)11-4-3-9(14)5-10(11)13(17)18/h3-5,7H,6H2,1-2H3,(H,17,18). The normalized spacial score (nSPS) is 10.5. The van der Waals surface area contributed by atoms with Gasteiger partial charge in [0.25, 0.3) is 0 Å². The Labute approximate surface area is 114 Å². The first kappa shape index (κ1) is 13.5. The average molecular weight is 280 g/mol. The van der Waals surface area contributed by atoms with E-state index in [0.717, 1.165) is 16.6 Å². The molecule has 6 heteroatoms. The Morgan fingerprint density at radius 3 is 2.84 bits per heavy atom. The summed E-state index contributed by atoms with van der Waals surface area (Å²) in [6, 6.07) is 3.78. The van der Waals surface area contributed by atoms with Crippen LogP contribution in [0.1, 0.15) is 20.9 Å². The third-order valence-electron chi connectivity index (χ3n) is 2.83. The molecule has 0 aliphatic heterocycles. The number of hydrogen-bond donors (Lipinski definition) is 1. The number of carboxylic acids is 1. The molecule has 0 saturated heterocycles. The number of aromatic nitrogens is 1. The lowest BCUT2D eigenvalue weighted by molar-refractivity contribution is 0.0697. The van der Waals surface area contributed by atoms with Crippen molar-refractivity contribution in [2.75, 3.05) is 11.9 Å². The fourth-order valence-corrected chi connectivity index (χ4v) is 2.62. The van der Waals surface area contributed by atoms with Crippen LogP contribution in [0, 0.1) is 12.7 Å². The van der Waals surface area contributed by atoms with Crippen molar-refractivity contribution in [2.45, 2.75) is 13.5 Å². The molecular weight excluding hydrogens is 267 g/mol. The molecule has 0 amide bonds. The predicted molar refractivity (Wildman–Crippen MR) is 72.3 cm³/mol. The van der Waals surface area contributed by atoms with Gasteiger partial charge in [0.1, 0.15) is 5.82 Å². The lowest BCUT2D eigenvalue weighted by atomic mass is 10.1. The van der Waals surface area contributed by atoms with Crippen molar-refractivity contribution in [1.82, 2.24) is 4.98 Å². The second-order valence-corrected chi connectivity index (χ2v) is 5.12. The highest BCUT2D eigenvalue weighted by Crippen LogP contribution is 2.24. The topological polar surface area (TPSA) is 53.4 Å². The van der Waals surface area contributed by atoms with E-state index in [1.54, 1.807) is 17.5 Å². The van der Waals surface area contributed by atoms with Crippen molar-refractivity contribution in [3.05, 3.63) is 45.7 Å². The first-order valence-corrected chi connectivity index (χ1v) is 6.50. The molecule has 0 aliphatic carbocycles. The fraction of sp³-hybridized carbons (Fsp3) is 0.231. The number of aryl methyl sites for hydroxylation is 1. The molecule has 1 heterocycles. The summed E-state index contributed by atoms with van der Waals surface area (Å²) in [6.07, 6.45) is 0. The summed E-state index contributed by atoms with van der Waals surface area (Å²) < 4.78 is 13.1. The first-order chi connectivity index (χ1) is 8.99. The molecule has 2 aromatic rings. The van der Waals surface area contributed by atoms with Crippen LogP contribution < -0.4 is 4.90 Å². The van der Waals surface area contributed by atoms with E-state index in [2.05, 4.69) is 4.98 Å². The molecule has 0 bridgehead atoms. The molecule has 0 aliphatic rings. The second-order valence-electron chi connectivity index (χ2n) is 4.18. The highest BCUT2D eigenvalue weighted by atomic mass is 32.1. The van der Waals surface area contributed by atoms with Gasteiger partial charge in [-0.15, -0.1) is 11.3 Å². The number of carboxylic acid groups (broad SMARTS) is 1. The summed E-state index contributed by atoms with van der Waals surface area (Å²) >= 11 is 1.52. The summed E-state index contributed by atoms with van der Waals surface area (Å²) in [6.45, 7) is 2.45. The molecular formula is C13H13FN2O2S. The zero-order valence-corrected chi connectivity index (χ0v) is 11.4. The van der Waals surface area contributed by atoms with Crippen LogP contribution in [0.15, 0.2) is 23.7 Å². The third kappa shape index (κ3) is 2.90. The van der Waals surface area contributed by atoms with Gasteiger partial charge in [-0.05, 0) is 25.1 Å². The van der Waals surface area contributed by atoms with Crippen LogP contribution in [0.3, 0.4) is 0 Å². The van der Waals surface area contributed by atoms with Crippen LogP contribution in [-0.2, 0) is 6.54 Å². The minimum absolute atomic E-state index is 0.0373. The molecule has 0 saturated carbocycles. The molecule has 0 fully saturated rings. The van der Waals surface area contributed by atoms with E-state index in [-0.39, 0.29) is 5.56 Å². The SMILES string of the molecule is Cc1ncsc1CN(C)c1ccc(F)cc1C(=O)O. The first-order valence-electron chi connectivity index (χ1n) is 5.62. The number of halogens is 1. The van der Waals surface area contributed by atoms with Crippen molar-refractivity contribution in [3.63, 3.8) is 0 Å². The predicted octanol–water partition coefficient (Wildman–Crippen LogP) is 2.93. The van der Waals surface area contributed by atoms with Crippen molar-refractivity contribution in [3.8, 4) is 0 Å². The summed E-state index contributed by atoms with van der Waals surface area (Å²) in [5, 5.41) is 9.12. The monoisotopic (exact) mass is 280 g/mol. The van der Waals surface area contributed by atoms with Gasteiger partial charge < -0.3 is 10.0 Å². The summed E-state index contributed by atoms with van der Waals surface area (Å²) in [5.41, 5.74) is 3.13. The van der Waals surface area contributed by atoms with Gasteiger partial charge in [0.2, 0.25) is 0 Å². The number of anilines is 1. The highest BCUT2D eigenvalue weighted by molar-refractivity contribution is 7.09. The molecule has 4 nitrogen and oxygen atoms in total. The number of benzene rings is 1. The average Bonchev–Trinajstić information content (AvgIpc) is 2.74. The zero-order chi connectivity index (χ0) is 14.0. The molecule has 100 valence electrons. The maximum absolute atomic E-state index is 13.1. The van der Waals surface area contributed by atoms with Gasteiger partial charge in [-0.2, -0.15) is 0 Å². The Morgan fingerprint density at radius 2 is 2.26 bits per heavy atom. The number of carbonyl (C=O) groups is 1. The van der Waals surface area contributed by atoms with E-state index in [4.69, 9.17) is 5.11 Å². The van der Waals surface area contributed by atoms with Crippen molar-refractivity contribution in [1.29, 1.82) is 0 Å². The Hall–Kier alpha value is -1.95. The van der Waals surface area contributed by atoms with Crippen LogP contribution in [0.25, 0.3) is 0 Å². The Bertz CT molecular complexity index is 612. The lowest BCUT2D eigenvalue weighted by Crippen LogP contribution is -2.19. The van der Waals surface area contributed by atoms with Crippen molar-refractivity contribution < 1.29 is 14.3 Å². The number of hydrogen-bond acceptors (Lipinski definition) is 4. The minimum atomic E-state index is -1.14. The molecule has 2 rings (SSSR count). The summed E-state index contributed by atoms with van der Waals surface area (Å²) in [5.74, 6) is -1.69. The van der Waals surface area contributed by atoms with Crippen LogP contribution >= 0.6 is 11.3 Å². The van der Waals surface area contributed by atoms with Gasteiger partial charge in [-0.1, -0.05) is 0 Å². The fourth-order valence-electron chi connectivity index (χ4n) is 1.79. The van der Waals surface area contributed by atoms with Gasteiger partial charge in [0.05, 0.1) is 29.0 Å². The van der Waals surface area contributed by atoms with Gasteiger partial charge in [-0.25, -0.2) is 14.2 Å². The van der Waals surface area contributed by atoms with E-state index in [9.17, 15) is 9.18 Å². The van der Waals surface area contributed by atoms with E-state index < -0.39 is 11.8 Å². The molecule has 0 radical (unpaired) electrons. The van der Waals surface area contributed by atoms with E-state index in [1.807, 2.05) is 6.92 Å². The van der Waals surface area contributed by atoms with Crippen LogP contribution in [0.2, 0.25) is 0 Å². The number of aromatic carboxylic acids is 1. The quantitative estimate of drug-likeness (QED) is 0.935. The van der Waals surface area contributed by atoms with Gasteiger partial charge in [-0.3, -0.25) is 0 Å². The maximum atomic E-state index is 13.1. The highest BCUT2D eigenvalue weighted by Gasteiger charge is 2.15. The number of thiazole rings is 1. The molecule has 0 unspecified atom stereocenters. The summed E-state index contributed by atoms with van der Waals surface area (Å²) in [4.78, 5) is 18.1. The molecule has 0 spiro atoms. The molecule has 1 aromatic heterocycles. The Morgan fingerprint density at radius 1 is 1.53 bits per heavy atom. The molecule has 19 heavy (non-hydrogen) atoms. The van der Waals surface area contributed by atoms with E-state index >= 15 is 0 Å². The van der Waals surface area contributed by atoms with Crippen LogP contribution in [0.5, 0.6) is 0 Å². The lowest BCUT2D eigenvalue weighted by Gasteiger charge is -2.20. The molecule has 1 N–H and O–H groups in total. The maximum Gasteiger partial charge on any atom is 0.337 e. The van der Waals surface area contributed by atoms with Gasteiger partial charge >= 0.3 is 5.97 Å². The van der Waals surface area contributed by atoms with E-state index in [0.29, 0.717) is 12.2 Å². The number of rotatable bonds is 4. The Balaban J connectivity index is 2.31. The van der Waals surface area contributed by atoms with Crippen LogP contribution in [0.4, 0.5) is 10.1 Å². The molecule has 0 atom stereocenters. The van der Waals surface area contributed by atoms with Gasteiger partial charge in [0, 0.05) is 11.9 Å². The smallest absolute Gasteiger partial charge is 0.337 e. The van der Waals surface area contributed by atoms with Crippen molar-refractivity contribution in [2.24, 2.45) is 0 Å². The third-order valence-corrected chi connectivity index (χ3v) is 3.75. The zero-order valence-electron chi connectivity index (χ0n) is 10.6. The second kappa shape index (κ2) is 5.36. The van der Waals surface area contributed by atoms with Gasteiger partial charge in [0.15, 0.2) is 0 Å². The Kier molecular flexibility index (Phi) is 3.80. The van der Waals surface area contributed by atoms with Crippen molar-refractivity contribution >= 4 is 23.0 Å². The summed E-state index contributed by atoms with van der Waals surface area (Å²) in [7, 11) is 1.78. The molecule has 1 aromatic carbocycles. The van der Waals surface area contributed by atoms with E-state index in [1.165, 1.54) is 23.5 Å². The largest absolute Gasteiger partial charge is 0.478 e. The van der Waals surface area contributed by atoms with Crippen LogP contribution in [-0.4, -0.2) is 23.1 Å². The number of nitrogens with zero attached hydrogens (tertiary/aromatic N) is 2. The minimum Gasteiger partial charge on any atom is -0.478 e.